The van der Waals surface area contributed by atoms with E-state index in [9.17, 15) is 4.79 Å². The Bertz CT molecular complexity index is 667. The number of carbonyl (C=O) groups excluding carboxylic acids is 1. The van der Waals surface area contributed by atoms with Crippen molar-refractivity contribution in [2.75, 3.05) is 44.7 Å². The molecule has 0 spiro atoms. The van der Waals surface area contributed by atoms with Crippen molar-refractivity contribution in [3.05, 3.63) is 24.3 Å². The summed E-state index contributed by atoms with van der Waals surface area (Å²) in [6, 6.07) is 8.79. The van der Waals surface area contributed by atoms with Gasteiger partial charge in [0.05, 0.1) is 5.69 Å². The first-order valence-corrected chi connectivity index (χ1v) is 10.7. The van der Waals surface area contributed by atoms with E-state index >= 15 is 0 Å². The number of amides is 1. The van der Waals surface area contributed by atoms with Gasteiger partial charge in [-0.05, 0) is 52.7 Å². The number of nitrogens with one attached hydrogen (secondary N) is 2. The molecule has 7 heteroatoms. The molecule has 162 valence electrons. The third-order valence-corrected chi connectivity index (χ3v) is 5.09. The second-order valence-corrected chi connectivity index (χ2v) is 7.86. The first kappa shape index (κ1) is 23.0. The lowest BCUT2D eigenvalue weighted by Crippen LogP contribution is -2.43. The van der Waals surface area contributed by atoms with Gasteiger partial charge in [0.1, 0.15) is 5.75 Å². The van der Waals surface area contributed by atoms with Crippen LogP contribution in [0.2, 0.25) is 0 Å². The molecule has 0 saturated carbocycles. The number of benzene rings is 1. The molecule has 1 aliphatic heterocycles. The molecular weight excluding hydrogens is 366 g/mol. The highest BCUT2D eigenvalue weighted by Crippen LogP contribution is 2.31. The highest BCUT2D eigenvalue weighted by molar-refractivity contribution is 5.97. The molecule has 0 bridgehead atoms. The SMILES string of the molecule is CN=C(NCCCN1C(=O)COc2ccccc21)NCCCN(C(C)C)C(C)C. The molecule has 1 aromatic rings. The number of hydrogen-bond donors (Lipinski definition) is 2. The van der Waals surface area contributed by atoms with Gasteiger partial charge in [-0.1, -0.05) is 12.1 Å². The van der Waals surface area contributed by atoms with Crippen LogP contribution >= 0.6 is 0 Å². The van der Waals surface area contributed by atoms with E-state index in [1.807, 2.05) is 29.2 Å². The summed E-state index contributed by atoms with van der Waals surface area (Å²) in [4.78, 5) is 20.8. The van der Waals surface area contributed by atoms with Gasteiger partial charge in [0, 0.05) is 45.3 Å². The van der Waals surface area contributed by atoms with Crippen molar-refractivity contribution in [1.29, 1.82) is 0 Å². The number of aliphatic imine (C=N–C) groups is 1. The predicted molar refractivity (Wildman–Crippen MR) is 120 cm³/mol. The molecule has 2 N–H and O–H groups in total. The largest absolute Gasteiger partial charge is 0.482 e. The summed E-state index contributed by atoms with van der Waals surface area (Å²) >= 11 is 0. The van der Waals surface area contributed by atoms with E-state index in [1.165, 1.54) is 0 Å². The summed E-state index contributed by atoms with van der Waals surface area (Å²) in [7, 11) is 1.78. The molecule has 0 radical (unpaired) electrons. The van der Waals surface area contributed by atoms with Crippen LogP contribution in [0.5, 0.6) is 5.75 Å². The van der Waals surface area contributed by atoms with E-state index in [1.54, 1.807) is 7.05 Å². The number of guanidine groups is 1. The smallest absolute Gasteiger partial charge is 0.265 e. The monoisotopic (exact) mass is 403 g/mol. The summed E-state index contributed by atoms with van der Waals surface area (Å²) in [6.45, 7) is 12.4. The van der Waals surface area contributed by atoms with Crippen molar-refractivity contribution in [2.24, 2.45) is 4.99 Å². The Kier molecular flexibility index (Phi) is 9.25. The van der Waals surface area contributed by atoms with Gasteiger partial charge in [-0.2, -0.15) is 0 Å². The van der Waals surface area contributed by atoms with Crippen molar-refractivity contribution >= 4 is 17.6 Å². The average Bonchev–Trinajstić information content (AvgIpc) is 2.70. The first-order chi connectivity index (χ1) is 13.9. The van der Waals surface area contributed by atoms with Crippen LogP contribution in [0.15, 0.2) is 29.3 Å². The number of hydrogen-bond acceptors (Lipinski definition) is 4. The van der Waals surface area contributed by atoms with Crippen molar-refractivity contribution in [1.82, 2.24) is 15.5 Å². The zero-order valence-corrected chi connectivity index (χ0v) is 18.6. The number of para-hydroxylation sites is 2. The van der Waals surface area contributed by atoms with Crippen LogP contribution < -0.4 is 20.3 Å². The molecule has 0 atom stereocenters. The van der Waals surface area contributed by atoms with E-state index in [-0.39, 0.29) is 12.5 Å². The van der Waals surface area contributed by atoms with Gasteiger partial charge >= 0.3 is 0 Å². The maximum Gasteiger partial charge on any atom is 0.265 e. The van der Waals surface area contributed by atoms with Gasteiger partial charge < -0.3 is 20.3 Å². The van der Waals surface area contributed by atoms with Gasteiger partial charge in [0.25, 0.3) is 5.91 Å². The Morgan fingerprint density at radius 2 is 1.79 bits per heavy atom. The minimum atomic E-state index is 0.00562. The van der Waals surface area contributed by atoms with Crippen LogP contribution in [-0.4, -0.2) is 68.7 Å². The fraction of sp³-hybridized carbons (Fsp3) is 0.636. The molecule has 1 aromatic carbocycles. The topological polar surface area (TPSA) is 69.2 Å². The maximum absolute atomic E-state index is 12.2. The maximum atomic E-state index is 12.2. The highest BCUT2D eigenvalue weighted by Gasteiger charge is 2.24. The highest BCUT2D eigenvalue weighted by atomic mass is 16.5. The summed E-state index contributed by atoms with van der Waals surface area (Å²) in [6.07, 6.45) is 1.89. The first-order valence-electron chi connectivity index (χ1n) is 10.7. The Labute approximate surface area is 175 Å². The van der Waals surface area contributed by atoms with E-state index in [0.29, 0.717) is 18.6 Å². The van der Waals surface area contributed by atoms with E-state index in [4.69, 9.17) is 4.74 Å². The summed E-state index contributed by atoms with van der Waals surface area (Å²) in [5, 5.41) is 6.71. The van der Waals surface area contributed by atoms with Crippen molar-refractivity contribution in [3.63, 3.8) is 0 Å². The van der Waals surface area contributed by atoms with E-state index in [2.05, 4.69) is 48.2 Å². The lowest BCUT2D eigenvalue weighted by molar-refractivity contribution is -0.121. The lowest BCUT2D eigenvalue weighted by Gasteiger charge is -2.30. The molecule has 0 aromatic heterocycles. The Balaban J connectivity index is 1.69. The lowest BCUT2D eigenvalue weighted by atomic mass is 10.2. The van der Waals surface area contributed by atoms with E-state index < -0.39 is 0 Å². The average molecular weight is 404 g/mol. The van der Waals surface area contributed by atoms with Crippen LogP contribution in [0, 0.1) is 0 Å². The summed E-state index contributed by atoms with van der Waals surface area (Å²) in [5.41, 5.74) is 0.853. The third kappa shape index (κ3) is 6.92. The fourth-order valence-electron chi connectivity index (χ4n) is 3.64. The standard InChI is InChI=1S/C22H37N5O2/c1-17(2)26(18(3)4)14-8-12-24-22(23-5)25-13-9-15-27-19-10-6-7-11-20(19)29-16-21(27)28/h6-7,10-11,17-18H,8-9,12-16H2,1-5H3,(H2,23,24,25). The third-order valence-electron chi connectivity index (χ3n) is 5.09. The van der Waals surface area contributed by atoms with E-state index in [0.717, 1.165) is 49.9 Å². The zero-order chi connectivity index (χ0) is 21.2. The Hall–Kier alpha value is -2.28. The van der Waals surface area contributed by atoms with Gasteiger partial charge in [-0.25, -0.2) is 0 Å². The minimum Gasteiger partial charge on any atom is -0.482 e. The minimum absolute atomic E-state index is 0.00562. The van der Waals surface area contributed by atoms with Gasteiger partial charge in [0.15, 0.2) is 12.6 Å². The van der Waals surface area contributed by atoms with Crippen LogP contribution in [0.1, 0.15) is 40.5 Å². The molecule has 29 heavy (non-hydrogen) atoms. The van der Waals surface area contributed by atoms with Gasteiger partial charge in [-0.15, -0.1) is 0 Å². The van der Waals surface area contributed by atoms with Crippen molar-refractivity contribution in [2.45, 2.75) is 52.6 Å². The molecule has 0 saturated heterocycles. The molecular formula is C22H37N5O2. The quantitative estimate of drug-likeness (QED) is 0.357. The van der Waals surface area contributed by atoms with Crippen molar-refractivity contribution < 1.29 is 9.53 Å². The molecule has 0 unspecified atom stereocenters. The predicted octanol–water partition coefficient (Wildman–Crippen LogP) is 2.48. The van der Waals surface area contributed by atoms with Crippen molar-refractivity contribution in [3.8, 4) is 5.75 Å². The Morgan fingerprint density at radius 1 is 1.14 bits per heavy atom. The summed E-state index contributed by atoms with van der Waals surface area (Å²) in [5.74, 6) is 1.58. The van der Waals surface area contributed by atoms with Crippen LogP contribution in [0.25, 0.3) is 0 Å². The number of nitrogens with zero attached hydrogens (tertiary/aromatic N) is 3. The van der Waals surface area contributed by atoms with Crippen LogP contribution in [0.4, 0.5) is 5.69 Å². The molecule has 1 amide bonds. The van der Waals surface area contributed by atoms with Crippen LogP contribution in [-0.2, 0) is 4.79 Å². The van der Waals surface area contributed by atoms with Gasteiger partial charge in [0.2, 0.25) is 0 Å². The normalized spacial score (nSPS) is 14.4. The van der Waals surface area contributed by atoms with Gasteiger partial charge in [-0.3, -0.25) is 14.7 Å². The Morgan fingerprint density at radius 3 is 2.45 bits per heavy atom. The summed E-state index contributed by atoms with van der Waals surface area (Å²) < 4.78 is 5.49. The number of rotatable bonds is 10. The number of fused-ring (bicyclic) bond motifs is 1. The second-order valence-electron chi connectivity index (χ2n) is 7.86. The molecule has 0 aliphatic carbocycles. The molecule has 0 fully saturated rings. The molecule has 7 nitrogen and oxygen atoms in total. The molecule has 1 aliphatic rings. The van der Waals surface area contributed by atoms with Crippen LogP contribution in [0.3, 0.4) is 0 Å². The number of ether oxygens (including phenoxy) is 1. The molecule has 2 rings (SSSR count). The number of anilines is 1. The number of carbonyl (C=O) groups is 1. The second kappa shape index (κ2) is 11.7. The zero-order valence-electron chi connectivity index (χ0n) is 18.6. The fourth-order valence-corrected chi connectivity index (χ4v) is 3.64. The molecule has 1 heterocycles.